The molecule has 0 amide bonds. The molecule has 5 rings (SSSR count). The molecule has 0 atom stereocenters. The van der Waals surface area contributed by atoms with Gasteiger partial charge in [0.25, 0.3) is 5.88 Å². The predicted molar refractivity (Wildman–Crippen MR) is 115 cm³/mol. The van der Waals surface area contributed by atoms with Crippen molar-refractivity contribution in [3.8, 4) is 11.6 Å². The first-order valence-electron chi connectivity index (χ1n) is 9.35. The number of ether oxygens (including phenoxy) is 1. The van der Waals surface area contributed by atoms with Gasteiger partial charge in [-0.2, -0.15) is 0 Å². The summed E-state index contributed by atoms with van der Waals surface area (Å²) in [6.45, 7) is 0.796. The van der Waals surface area contributed by atoms with E-state index in [0.717, 1.165) is 21.0 Å². The van der Waals surface area contributed by atoms with Crippen molar-refractivity contribution in [2.24, 2.45) is 5.92 Å². The van der Waals surface area contributed by atoms with Gasteiger partial charge >= 0.3 is 5.97 Å². The Morgan fingerprint density at radius 1 is 1.10 bits per heavy atom. The van der Waals surface area contributed by atoms with Crippen molar-refractivity contribution in [1.29, 1.82) is 0 Å². The Labute approximate surface area is 175 Å². The van der Waals surface area contributed by atoms with E-state index in [0.29, 0.717) is 30.5 Å². The van der Waals surface area contributed by atoms with Gasteiger partial charge in [-0.1, -0.05) is 23.5 Å². The summed E-state index contributed by atoms with van der Waals surface area (Å²) < 4.78 is 7.04. The van der Waals surface area contributed by atoms with E-state index in [1.165, 1.54) is 0 Å². The Morgan fingerprint density at radius 3 is 2.63 bits per heavy atom. The Bertz CT molecular complexity index is 1170. The number of anilines is 3. The number of thiazole rings is 1. The van der Waals surface area contributed by atoms with Crippen LogP contribution in [-0.4, -0.2) is 39.1 Å². The quantitative estimate of drug-likeness (QED) is 0.481. The third-order valence-corrected chi connectivity index (χ3v) is 5.74. The third-order valence-electron chi connectivity index (χ3n) is 4.79. The molecular formula is C21H17N5O3S. The molecule has 0 radical (unpaired) electrons. The van der Waals surface area contributed by atoms with Crippen molar-refractivity contribution in [3.63, 3.8) is 0 Å². The minimum atomic E-state index is -0.797. The Morgan fingerprint density at radius 2 is 1.87 bits per heavy atom. The summed E-state index contributed by atoms with van der Waals surface area (Å²) in [6, 6.07) is 15.5. The first kappa shape index (κ1) is 18.3. The summed E-state index contributed by atoms with van der Waals surface area (Å²) in [5, 5.41) is 13.2. The van der Waals surface area contributed by atoms with Crippen molar-refractivity contribution < 1.29 is 14.6 Å². The van der Waals surface area contributed by atoms with Gasteiger partial charge in [0.15, 0.2) is 10.9 Å². The maximum atomic E-state index is 11.0. The molecule has 1 fully saturated rings. The fourth-order valence-electron chi connectivity index (χ4n) is 3.18. The van der Waals surface area contributed by atoms with Gasteiger partial charge in [0, 0.05) is 31.2 Å². The number of para-hydroxylation sites is 1. The fraction of sp³-hybridized carbons (Fsp3) is 0.143. The van der Waals surface area contributed by atoms with E-state index in [9.17, 15) is 4.79 Å². The average Bonchev–Trinajstić information content (AvgIpc) is 3.12. The zero-order valence-electron chi connectivity index (χ0n) is 15.7. The lowest BCUT2D eigenvalue weighted by Gasteiger charge is -2.37. The first-order valence-corrected chi connectivity index (χ1v) is 10.2. The van der Waals surface area contributed by atoms with E-state index in [1.54, 1.807) is 23.7 Å². The zero-order chi connectivity index (χ0) is 20.5. The van der Waals surface area contributed by atoms with Crippen LogP contribution in [0, 0.1) is 5.92 Å². The van der Waals surface area contributed by atoms with E-state index in [1.807, 2.05) is 53.4 Å². The SMILES string of the molecule is O=C(O)C1CN(c2nccnc2Oc2ccc(Nc3nc4ccccc4s3)cc2)C1. The molecule has 0 saturated carbocycles. The summed E-state index contributed by atoms with van der Waals surface area (Å²) in [6.07, 6.45) is 3.12. The molecule has 1 saturated heterocycles. The number of hydrogen-bond acceptors (Lipinski definition) is 8. The number of fused-ring (bicyclic) bond motifs is 1. The monoisotopic (exact) mass is 419 g/mol. The van der Waals surface area contributed by atoms with Gasteiger partial charge in [0.05, 0.1) is 16.1 Å². The second kappa shape index (κ2) is 7.60. The van der Waals surface area contributed by atoms with Crippen LogP contribution in [0.15, 0.2) is 60.9 Å². The number of carbonyl (C=O) groups is 1. The summed E-state index contributed by atoms with van der Waals surface area (Å²) in [7, 11) is 0. The average molecular weight is 419 g/mol. The summed E-state index contributed by atoms with van der Waals surface area (Å²) in [5.41, 5.74) is 1.86. The van der Waals surface area contributed by atoms with Gasteiger partial charge in [-0.05, 0) is 36.4 Å². The molecular weight excluding hydrogens is 402 g/mol. The zero-order valence-corrected chi connectivity index (χ0v) is 16.5. The highest BCUT2D eigenvalue weighted by Crippen LogP contribution is 2.33. The molecule has 3 heterocycles. The number of hydrogen-bond donors (Lipinski definition) is 2. The lowest BCUT2D eigenvalue weighted by Crippen LogP contribution is -2.51. The fourth-order valence-corrected chi connectivity index (χ4v) is 4.07. The molecule has 30 heavy (non-hydrogen) atoms. The van der Waals surface area contributed by atoms with Crippen molar-refractivity contribution in [1.82, 2.24) is 15.0 Å². The highest BCUT2D eigenvalue weighted by molar-refractivity contribution is 7.22. The van der Waals surface area contributed by atoms with E-state index >= 15 is 0 Å². The second-order valence-electron chi connectivity index (χ2n) is 6.86. The number of benzene rings is 2. The molecule has 9 heteroatoms. The van der Waals surface area contributed by atoms with Crippen LogP contribution in [0.2, 0.25) is 0 Å². The van der Waals surface area contributed by atoms with Gasteiger partial charge < -0.3 is 20.1 Å². The number of carboxylic acids is 1. The van der Waals surface area contributed by atoms with Crippen molar-refractivity contribution in [3.05, 3.63) is 60.9 Å². The molecule has 2 N–H and O–H groups in total. The molecule has 150 valence electrons. The van der Waals surface area contributed by atoms with E-state index in [2.05, 4.69) is 20.3 Å². The van der Waals surface area contributed by atoms with E-state index in [4.69, 9.17) is 9.84 Å². The lowest BCUT2D eigenvalue weighted by atomic mass is 10.0. The smallest absolute Gasteiger partial charge is 0.310 e. The Balaban J connectivity index is 1.28. The molecule has 0 unspecified atom stereocenters. The number of carboxylic acid groups (broad SMARTS) is 1. The molecule has 2 aromatic heterocycles. The molecule has 0 spiro atoms. The van der Waals surface area contributed by atoms with E-state index < -0.39 is 5.97 Å². The molecule has 1 aliphatic heterocycles. The number of aliphatic carboxylic acids is 1. The van der Waals surface area contributed by atoms with Crippen molar-refractivity contribution in [2.75, 3.05) is 23.3 Å². The number of nitrogens with zero attached hydrogens (tertiary/aromatic N) is 4. The van der Waals surface area contributed by atoms with Crippen LogP contribution >= 0.6 is 11.3 Å². The van der Waals surface area contributed by atoms with Gasteiger partial charge in [0.1, 0.15) is 5.75 Å². The minimum Gasteiger partial charge on any atom is -0.481 e. The standard InChI is InChI=1S/C21H17N5O3S/c27-20(28)13-11-26(12-13)18-19(23-10-9-22-18)29-15-7-5-14(6-8-15)24-21-25-16-3-1-2-4-17(16)30-21/h1-10,13H,11-12H2,(H,24,25)(H,27,28). The normalized spacial score (nSPS) is 13.8. The number of nitrogens with one attached hydrogen (secondary N) is 1. The van der Waals surface area contributed by atoms with Gasteiger partial charge in [-0.25, -0.2) is 15.0 Å². The van der Waals surface area contributed by atoms with Crippen LogP contribution in [-0.2, 0) is 4.79 Å². The number of aromatic nitrogens is 3. The van der Waals surface area contributed by atoms with E-state index in [-0.39, 0.29) is 5.92 Å². The Hall–Kier alpha value is -3.72. The van der Waals surface area contributed by atoms with Gasteiger partial charge in [-0.15, -0.1) is 0 Å². The van der Waals surface area contributed by atoms with Crippen LogP contribution in [0.25, 0.3) is 10.2 Å². The van der Waals surface area contributed by atoms with Crippen LogP contribution in [0.5, 0.6) is 11.6 Å². The van der Waals surface area contributed by atoms with Crippen LogP contribution in [0.4, 0.5) is 16.6 Å². The van der Waals surface area contributed by atoms with Crippen LogP contribution < -0.4 is 15.0 Å². The summed E-state index contributed by atoms with van der Waals surface area (Å²) >= 11 is 1.60. The highest BCUT2D eigenvalue weighted by Gasteiger charge is 2.35. The third kappa shape index (κ3) is 3.62. The highest BCUT2D eigenvalue weighted by atomic mass is 32.1. The lowest BCUT2D eigenvalue weighted by molar-refractivity contribution is -0.142. The summed E-state index contributed by atoms with van der Waals surface area (Å²) in [4.78, 5) is 26.0. The van der Waals surface area contributed by atoms with Crippen molar-refractivity contribution >= 4 is 44.2 Å². The predicted octanol–water partition coefficient (Wildman–Crippen LogP) is 4.14. The van der Waals surface area contributed by atoms with Crippen molar-refractivity contribution in [2.45, 2.75) is 0 Å². The number of rotatable bonds is 6. The summed E-state index contributed by atoms with van der Waals surface area (Å²) in [5.74, 6) is 0.336. The molecule has 8 nitrogen and oxygen atoms in total. The minimum absolute atomic E-state index is 0.355. The molecule has 2 aromatic carbocycles. The molecule has 1 aliphatic rings. The first-order chi connectivity index (χ1) is 14.7. The second-order valence-corrected chi connectivity index (χ2v) is 7.89. The van der Waals surface area contributed by atoms with Gasteiger partial charge in [0.2, 0.25) is 0 Å². The maximum absolute atomic E-state index is 11.0. The van der Waals surface area contributed by atoms with Crippen LogP contribution in [0.1, 0.15) is 0 Å². The molecule has 4 aromatic rings. The van der Waals surface area contributed by atoms with Crippen LogP contribution in [0.3, 0.4) is 0 Å². The Kier molecular flexibility index (Phi) is 4.64. The molecule has 0 bridgehead atoms. The largest absolute Gasteiger partial charge is 0.481 e. The van der Waals surface area contributed by atoms with Gasteiger partial charge in [-0.3, -0.25) is 4.79 Å². The molecule has 0 aliphatic carbocycles. The maximum Gasteiger partial charge on any atom is 0.310 e. The topological polar surface area (TPSA) is 100 Å².